The molecular weight excluding hydrogens is 352 g/mol. The van der Waals surface area contributed by atoms with Gasteiger partial charge < -0.3 is 9.47 Å². The fourth-order valence-corrected chi connectivity index (χ4v) is 2.94. The van der Waals surface area contributed by atoms with Gasteiger partial charge in [-0.1, -0.05) is 47.1 Å². The fraction of sp³-hybridized carbons (Fsp3) is 0.667. The number of carbonyl (C=O) groups is 2. The van der Waals surface area contributed by atoms with E-state index in [0.717, 1.165) is 50.5 Å². The summed E-state index contributed by atoms with van der Waals surface area (Å²) >= 11 is 0. The lowest BCUT2D eigenvalue weighted by Crippen LogP contribution is -2.16. The lowest BCUT2D eigenvalue weighted by molar-refractivity contribution is 0.0447. The van der Waals surface area contributed by atoms with Gasteiger partial charge in [0.15, 0.2) is 0 Å². The number of hydrogen-bond acceptors (Lipinski definition) is 4. The molecule has 0 aliphatic heterocycles. The molecule has 0 saturated carbocycles. The summed E-state index contributed by atoms with van der Waals surface area (Å²) in [5.41, 5.74) is 1.68. The number of ether oxygens (including phenoxy) is 2. The predicted molar refractivity (Wildman–Crippen MR) is 114 cm³/mol. The molecule has 0 aliphatic rings. The average molecular weight is 391 g/mol. The minimum atomic E-state index is -0.445. The van der Waals surface area contributed by atoms with Crippen molar-refractivity contribution < 1.29 is 19.1 Å². The number of rotatable bonds is 13. The first-order chi connectivity index (χ1) is 13.3. The van der Waals surface area contributed by atoms with Gasteiger partial charge in [0, 0.05) is 0 Å². The van der Waals surface area contributed by atoms with E-state index >= 15 is 0 Å². The van der Waals surface area contributed by atoms with Crippen LogP contribution in [-0.2, 0) is 15.9 Å². The fourth-order valence-electron chi connectivity index (χ4n) is 2.94. The van der Waals surface area contributed by atoms with Crippen molar-refractivity contribution in [2.24, 2.45) is 11.8 Å². The van der Waals surface area contributed by atoms with Crippen LogP contribution in [0.3, 0.4) is 0 Å². The van der Waals surface area contributed by atoms with E-state index < -0.39 is 11.9 Å². The van der Waals surface area contributed by atoms with E-state index in [-0.39, 0.29) is 0 Å². The number of hydrogen-bond donors (Lipinski definition) is 0. The Labute approximate surface area is 171 Å². The van der Waals surface area contributed by atoms with Gasteiger partial charge in [-0.3, -0.25) is 0 Å². The average Bonchev–Trinajstić information content (AvgIpc) is 2.66. The number of esters is 2. The van der Waals surface area contributed by atoms with Crippen LogP contribution in [0, 0.1) is 11.8 Å². The van der Waals surface area contributed by atoms with Crippen LogP contribution < -0.4 is 0 Å². The minimum Gasteiger partial charge on any atom is -0.462 e. The summed E-state index contributed by atoms with van der Waals surface area (Å²) < 4.78 is 10.8. The van der Waals surface area contributed by atoms with Crippen molar-refractivity contribution >= 4 is 11.9 Å². The van der Waals surface area contributed by atoms with E-state index in [0.29, 0.717) is 36.2 Å². The first-order valence-corrected chi connectivity index (χ1v) is 10.8. The van der Waals surface area contributed by atoms with Gasteiger partial charge in [-0.25, -0.2) is 9.59 Å². The van der Waals surface area contributed by atoms with Crippen LogP contribution in [0.2, 0.25) is 0 Å². The second kappa shape index (κ2) is 13.4. The number of unbranched alkanes of at least 4 members (excludes halogenated alkanes) is 1. The number of carbonyl (C=O) groups excluding carboxylic acids is 2. The molecule has 0 N–H and O–H groups in total. The maximum Gasteiger partial charge on any atom is 0.339 e. The molecule has 0 aliphatic carbocycles. The molecule has 0 saturated heterocycles. The van der Waals surface area contributed by atoms with Crippen LogP contribution in [0.4, 0.5) is 0 Å². The maximum absolute atomic E-state index is 12.6. The Bertz CT molecular complexity index is 605. The van der Waals surface area contributed by atoms with E-state index in [2.05, 4.69) is 34.6 Å². The lowest BCUT2D eigenvalue weighted by Gasteiger charge is -2.12. The summed E-state index contributed by atoms with van der Waals surface area (Å²) in [6.07, 6.45) is 6.67. The monoisotopic (exact) mass is 390 g/mol. The van der Waals surface area contributed by atoms with Crippen LogP contribution in [-0.4, -0.2) is 25.2 Å². The zero-order valence-corrected chi connectivity index (χ0v) is 18.4. The molecule has 0 heterocycles. The molecule has 0 atom stereocenters. The van der Waals surface area contributed by atoms with Crippen molar-refractivity contribution in [1.82, 2.24) is 0 Å². The van der Waals surface area contributed by atoms with Crippen LogP contribution in [0.25, 0.3) is 0 Å². The van der Waals surface area contributed by atoms with Gasteiger partial charge in [0.05, 0.1) is 24.3 Å². The molecule has 1 aromatic carbocycles. The Kier molecular flexibility index (Phi) is 11.5. The highest BCUT2D eigenvalue weighted by atomic mass is 16.5. The molecule has 0 fully saturated rings. The first-order valence-electron chi connectivity index (χ1n) is 10.8. The number of aryl methyl sites for hydroxylation is 1. The highest BCUT2D eigenvalue weighted by Crippen LogP contribution is 2.18. The molecule has 28 heavy (non-hydrogen) atoms. The van der Waals surface area contributed by atoms with E-state index in [4.69, 9.17) is 9.47 Å². The van der Waals surface area contributed by atoms with Crippen LogP contribution >= 0.6 is 0 Å². The molecule has 0 bridgehead atoms. The number of benzene rings is 1. The summed E-state index contributed by atoms with van der Waals surface area (Å²) in [7, 11) is 0. The van der Waals surface area contributed by atoms with Gasteiger partial charge in [0.1, 0.15) is 0 Å². The van der Waals surface area contributed by atoms with Crippen molar-refractivity contribution in [1.29, 1.82) is 0 Å². The Balaban J connectivity index is 2.82. The molecule has 158 valence electrons. The molecule has 4 heteroatoms. The first kappa shape index (κ1) is 24.2. The topological polar surface area (TPSA) is 52.6 Å². The van der Waals surface area contributed by atoms with E-state index in [1.165, 1.54) is 0 Å². The molecule has 4 nitrogen and oxygen atoms in total. The largest absolute Gasteiger partial charge is 0.462 e. The van der Waals surface area contributed by atoms with Crippen LogP contribution in [0.15, 0.2) is 18.2 Å². The van der Waals surface area contributed by atoms with Crippen LogP contribution in [0.5, 0.6) is 0 Å². The van der Waals surface area contributed by atoms with Crippen molar-refractivity contribution in [3.05, 3.63) is 34.9 Å². The minimum absolute atomic E-state index is 0.304. The van der Waals surface area contributed by atoms with Crippen molar-refractivity contribution in [2.75, 3.05) is 13.2 Å². The van der Waals surface area contributed by atoms with Gasteiger partial charge in [-0.05, 0) is 68.1 Å². The second-order valence-corrected chi connectivity index (χ2v) is 8.33. The SMILES string of the molecule is CCCCc1ccc(C(=O)OCCCC(C)C)c(C(=O)OCCCC(C)C)c1. The maximum atomic E-state index is 12.6. The molecule has 0 spiro atoms. The summed E-state index contributed by atoms with van der Waals surface area (Å²) in [6, 6.07) is 5.42. The van der Waals surface area contributed by atoms with Crippen molar-refractivity contribution in [3.8, 4) is 0 Å². The zero-order chi connectivity index (χ0) is 20.9. The summed E-state index contributed by atoms with van der Waals surface area (Å²) in [5, 5.41) is 0. The second-order valence-electron chi connectivity index (χ2n) is 8.33. The molecule has 0 aromatic heterocycles. The third kappa shape index (κ3) is 9.38. The van der Waals surface area contributed by atoms with Crippen molar-refractivity contribution in [2.45, 2.75) is 79.6 Å². The predicted octanol–water partition coefficient (Wildman–Crippen LogP) is 6.22. The van der Waals surface area contributed by atoms with E-state index in [9.17, 15) is 9.59 Å². The smallest absolute Gasteiger partial charge is 0.339 e. The van der Waals surface area contributed by atoms with Gasteiger partial charge in [-0.2, -0.15) is 0 Å². The lowest BCUT2D eigenvalue weighted by atomic mass is 10.0. The Hall–Kier alpha value is -1.84. The van der Waals surface area contributed by atoms with Gasteiger partial charge in [0.25, 0.3) is 0 Å². The normalized spacial score (nSPS) is 11.1. The molecule has 1 rings (SSSR count). The third-order valence-corrected chi connectivity index (χ3v) is 4.66. The van der Waals surface area contributed by atoms with E-state index in [1.807, 2.05) is 6.07 Å². The van der Waals surface area contributed by atoms with Crippen LogP contribution in [0.1, 0.15) is 99.4 Å². The molecular formula is C24H38O4. The molecule has 0 radical (unpaired) electrons. The Morgan fingerprint density at radius 1 is 0.821 bits per heavy atom. The standard InChI is InChI=1S/C24H38O4/c1-6-7-12-20-13-14-21(23(25)27-15-8-10-18(2)3)22(17-20)24(26)28-16-9-11-19(4)5/h13-14,17-19H,6-12,15-16H2,1-5H3. The summed E-state index contributed by atoms with van der Waals surface area (Å²) in [5.74, 6) is 0.275. The Morgan fingerprint density at radius 3 is 1.86 bits per heavy atom. The molecule has 1 aromatic rings. The molecule has 0 unspecified atom stereocenters. The van der Waals surface area contributed by atoms with Gasteiger partial charge in [0.2, 0.25) is 0 Å². The van der Waals surface area contributed by atoms with E-state index in [1.54, 1.807) is 12.1 Å². The summed E-state index contributed by atoms with van der Waals surface area (Å²) in [6.45, 7) is 11.5. The van der Waals surface area contributed by atoms with Crippen molar-refractivity contribution in [3.63, 3.8) is 0 Å². The Morgan fingerprint density at radius 2 is 1.36 bits per heavy atom. The molecule has 0 amide bonds. The van der Waals surface area contributed by atoms with Gasteiger partial charge >= 0.3 is 11.9 Å². The highest BCUT2D eigenvalue weighted by Gasteiger charge is 2.20. The summed E-state index contributed by atoms with van der Waals surface area (Å²) in [4.78, 5) is 25.2. The quantitative estimate of drug-likeness (QED) is 0.296. The van der Waals surface area contributed by atoms with Gasteiger partial charge in [-0.15, -0.1) is 0 Å². The highest BCUT2D eigenvalue weighted by molar-refractivity contribution is 6.03. The third-order valence-electron chi connectivity index (χ3n) is 4.66. The zero-order valence-electron chi connectivity index (χ0n) is 18.4.